The summed E-state index contributed by atoms with van der Waals surface area (Å²) >= 11 is 0. The zero-order valence-electron chi connectivity index (χ0n) is 20.4. The molecule has 1 heterocycles. The van der Waals surface area contributed by atoms with Crippen LogP contribution in [0.25, 0.3) is 0 Å². The molecule has 7 nitrogen and oxygen atoms in total. The van der Waals surface area contributed by atoms with Crippen molar-refractivity contribution in [1.82, 2.24) is 5.32 Å². The molecule has 1 aliphatic rings. The summed E-state index contributed by atoms with van der Waals surface area (Å²) in [5.74, 6) is -0.364. The van der Waals surface area contributed by atoms with E-state index in [9.17, 15) is 18.3 Å². The summed E-state index contributed by atoms with van der Waals surface area (Å²) in [4.78, 5) is 15.0. The van der Waals surface area contributed by atoms with Gasteiger partial charge in [0, 0.05) is 25.3 Å². The van der Waals surface area contributed by atoms with Crippen molar-refractivity contribution in [3.8, 4) is 5.75 Å². The molecule has 0 saturated carbocycles. The number of benzene rings is 2. The number of sulfonamides is 1. The van der Waals surface area contributed by atoms with Gasteiger partial charge in [0.05, 0.1) is 17.5 Å². The number of hydrogen-bond donors (Lipinski definition) is 3. The Morgan fingerprint density at radius 3 is 2.45 bits per heavy atom. The highest BCUT2D eigenvalue weighted by Crippen LogP contribution is 2.43. The number of carbonyl (C=O) groups is 1. The summed E-state index contributed by atoms with van der Waals surface area (Å²) < 4.78 is 26.9. The van der Waals surface area contributed by atoms with E-state index in [1.165, 1.54) is 23.6 Å². The third kappa shape index (κ3) is 5.43. The predicted molar refractivity (Wildman–Crippen MR) is 134 cm³/mol. The highest BCUT2D eigenvalue weighted by atomic mass is 32.2. The number of carbonyl (C=O) groups excluding carboxylic acids is 1. The van der Waals surface area contributed by atoms with E-state index in [4.69, 9.17) is 0 Å². The lowest BCUT2D eigenvalue weighted by Crippen LogP contribution is -2.36. The summed E-state index contributed by atoms with van der Waals surface area (Å²) in [6.07, 6.45) is 2.72. The van der Waals surface area contributed by atoms with Gasteiger partial charge in [-0.05, 0) is 73.4 Å². The minimum atomic E-state index is -3.42. The van der Waals surface area contributed by atoms with Gasteiger partial charge in [-0.2, -0.15) is 0 Å². The van der Waals surface area contributed by atoms with Crippen LogP contribution < -0.4 is 14.9 Å². The van der Waals surface area contributed by atoms with E-state index in [1.807, 2.05) is 13.8 Å². The van der Waals surface area contributed by atoms with Gasteiger partial charge in [0.25, 0.3) is 5.91 Å². The van der Waals surface area contributed by atoms with Crippen LogP contribution in [-0.2, 0) is 22.9 Å². The summed E-state index contributed by atoms with van der Waals surface area (Å²) in [5, 5.41) is 12.9. The van der Waals surface area contributed by atoms with Crippen LogP contribution in [0, 0.1) is 19.3 Å². The maximum absolute atomic E-state index is 12.6. The normalized spacial score (nSPS) is 13.7. The van der Waals surface area contributed by atoms with Gasteiger partial charge in [-0.15, -0.1) is 0 Å². The third-order valence-electron chi connectivity index (χ3n) is 6.38. The maximum atomic E-state index is 12.6. The van der Waals surface area contributed by atoms with Crippen LogP contribution in [-0.4, -0.2) is 45.3 Å². The van der Waals surface area contributed by atoms with Crippen molar-refractivity contribution in [2.75, 3.05) is 35.5 Å². The first-order chi connectivity index (χ1) is 15.3. The van der Waals surface area contributed by atoms with Gasteiger partial charge in [-0.1, -0.05) is 26.0 Å². The second-order valence-electron chi connectivity index (χ2n) is 9.68. The number of phenolic OH excluding ortho intramolecular Hbond substituents is 1. The molecule has 2 aromatic carbocycles. The van der Waals surface area contributed by atoms with E-state index < -0.39 is 10.0 Å². The molecular formula is C25H35N3O4S. The molecule has 8 heteroatoms. The van der Waals surface area contributed by atoms with Crippen molar-refractivity contribution in [2.45, 2.75) is 47.5 Å². The van der Waals surface area contributed by atoms with E-state index in [0.29, 0.717) is 18.7 Å². The molecule has 0 radical (unpaired) electrons. The molecule has 1 amide bonds. The number of rotatable bonds is 8. The maximum Gasteiger partial charge on any atom is 0.255 e. The molecule has 2 aromatic rings. The van der Waals surface area contributed by atoms with Crippen LogP contribution in [0.5, 0.6) is 5.75 Å². The van der Waals surface area contributed by atoms with Crippen LogP contribution >= 0.6 is 0 Å². The van der Waals surface area contributed by atoms with Crippen LogP contribution in [0.1, 0.15) is 53.4 Å². The number of para-hydroxylation sites is 1. The molecule has 1 aliphatic heterocycles. The summed E-state index contributed by atoms with van der Waals surface area (Å²) in [6.45, 7) is 12.4. The second-order valence-corrected chi connectivity index (χ2v) is 11.4. The fourth-order valence-electron chi connectivity index (χ4n) is 4.66. The van der Waals surface area contributed by atoms with Crippen molar-refractivity contribution >= 4 is 27.3 Å². The molecule has 0 saturated heterocycles. The van der Waals surface area contributed by atoms with Crippen molar-refractivity contribution in [1.29, 1.82) is 0 Å². The Balaban J connectivity index is 1.94. The number of fused-ring (bicyclic) bond motifs is 1. The molecule has 0 bridgehead atoms. The van der Waals surface area contributed by atoms with Crippen LogP contribution in [0.2, 0.25) is 0 Å². The molecule has 0 atom stereocenters. The van der Waals surface area contributed by atoms with Crippen LogP contribution in [0.4, 0.5) is 11.4 Å². The molecule has 33 heavy (non-hydrogen) atoms. The van der Waals surface area contributed by atoms with E-state index in [-0.39, 0.29) is 22.6 Å². The molecule has 0 spiro atoms. The van der Waals surface area contributed by atoms with Gasteiger partial charge in [-0.25, -0.2) is 8.42 Å². The SMILES string of the molecule is CCN1CCc2c(C)c(NS(C)(=O)=O)c(C)c(CC(C)(C)CNC(=O)c3ccccc3O)c21. The van der Waals surface area contributed by atoms with Gasteiger partial charge in [0.1, 0.15) is 5.75 Å². The van der Waals surface area contributed by atoms with Gasteiger partial charge < -0.3 is 15.3 Å². The zero-order valence-corrected chi connectivity index (χ0v) is 21.2. The molecular weight excluding hydrogens is 438 g/mol. The Kier molecular flexibility index (Phi) is 6.98. The quantitative estimate of drug-likeness (QED) is 0.542. The Hall–Kier alpha value is -2.74. The summed E-state index contributed by atoms with van der Waals surface area (Å²) in [6, 6.07) is 6.48. The number of nitrogens with one attached hydrogen (secondary N) is 2. The number of likely N-dealkylation sites (N-methyl/N-ethyl adjacent to an activating group) is 1. The smallest absolute Gasteiger partial charge is 0.255 e. The Bertz CT molecular complexity index is 1170. The van der Waals surface area contributed by atoms with Crippen molar-refractivity contribution in [3.63, 3.8) is 0 Å². The van der Waals surface area contributed by atoms with E-state index >= 15 is 0 Å². The lowest BCUT2D eigenvalue weighted by Gasteiger charge is -2.31. The first-order valence-corrected chi connectivity index (χ1v) is 13.2. The molecule has 0 aromatic heterocycles. The lowest BCUT2D eigenvalue weighted by atomic mass is 9.81. The largest absolute Gasteiger partial charge is 0.507 e. The van der Waals surface area contributed by atoms with Gasteiger partial charge in [-0.3, -0.25) is 9.52 Å². The molecule has 0 aliphatic carbocycles. The van der Waals surface area contributed by atoms with E-state index in [0.717, 1.165) is 36.2 Å². The van der Waals surface area contributed by atoms with Crippen molar-refractivity contribution in [2.24, 2.45) is 5.41 Å². The first-order valence-electron chi connectivity index (χ1n) is 11.3. The van der Waals surface area contributed by atoms with Crippen LogP contribution in [0.3, 0.4) is 0 Å². The Labute approximate surface area is 197 Å². The minimum absolute atomic E-state index is 0.0462. The van der Waals surface area contributed by atoms with Gasteiger partial charge >= 0.3 is 0 Å². The number of nitrogens with zero attached hydrogens (tertiary/aromatic N) is 1. The molecule has 3 rings (SSSR count). The number of hydrogen-bond acceptors (Lipinski definition) is 5. The Morgan fingerprint density at radius 1 is 1.18 bits per heavy atom. The van der Waals surface area contributed by atoms with E-state index in [2.05, 4.69) is 35.7 Å². The highest BCUT2D eigenvalue weighted by molar-refractivity contribution is 7.92. The van der Waals surface area contributed by atoms with Crippen molar-refractivity contribution < 1.29 is 18.3 Å². The zero-order chi connectivity index (χ0) is 24.6. The number of amides is 1. The monoisotopic (exact) mass is 473 g/mol. The van der Waals surface area contributed by atoms with Gasteiger partial charge in [0.2, 0.25) is 10.0 Å². The average molecular weight is 474 g/mol. The van der Waals surface area contributed by atoms with Crippen LogP contribution in [0.15, 0.2) is 24.3 Å². The fraction of sp³-hybridized carbons (Fsp3) is 0.480. The van der Waals surface area contributed by atoms with E-state index in [1.54, 1.807) is 18.2 Å². The second kappa shape index (κ2) is 9.25. The number of anilines is 2. The minimum Gasteiger partial charge on any atom is -0.507 e. The molecule has 3 N–H and O–H groups in total. The third-order valence-corrected chi connectivity index (χ3v) is 6.95. The number of phenols is 1. The topological polar surface area (TPSA) is 98.7 Å². The fourth-order valence-corrected chi connectivity index (χ4v) is 5.34. The standard InChI is InChI=1S/C25H35N3O4S/c1-7-28-13-12-18-16(2)22(27-33(6,31)32)17(3)20(23(18)28)14-25(4,5)15-26-24(30)19-10-8-9-11-21(19)29/h8-11,27,29H,7,12-15H2,1-6H3,(H,26,30). The summed E-state index contributed by atoms with van der Waals surface area (Å²) in [5.41, 5.74) is 6.02. The van der Waals surface area contributed by atoms with Gasteiger partial charge in [0.15, 0.2) is 0 Å². The first kappa shape index (κ1) is 24.9. The molecule has 0 fully saturated rings. The predicted octanol–water partition coefficient (Wildman–Crippen LogP) is 3.76. The highest BCUT2D eigenvalue weighted by Gasteiger charge is 2.31. The Morgan fingerprint density at radius 2 is 1.85 bits per heavy atom. The molecule has 0 unspecified atom stereocenters. The lowest BCUT2D eigenvalue weighted by molar-refractivity contribution is 0.0933. The number of aromatic hydroxyl groups is 1. The summed E-state index contributed by atoms with van der Waals surface area (Å²) in [7, 11) is -3.42. The molecule has 180 valence electrons. The average Bonchev–Trinajstić information content (AvgIpc) is 3.16. The van der Waals surface area contributed by atoms with Crippen molar-refractivity contribution in [3.05, 3.63) is 52.1 Å².